The summed E-state index contributed by atoms with van der Waals surface area (Å²) in [5.74, 6) is 0. The van der Waals surface area contributed by atoms with E-state index in [-0.39, 0.29) is 5.41 Å². The third-order valence-corrected chi connectivity index (χ3v) is 3.97. The lowest BCUT2D eigenvalue weighted by Gasteiger charge is -2.32. The molecule has 1 aliphatic heterocycles. The maximum absolute atomic E-state index is 3.63. The fourth-order valence-electron chi connectivity index (χ4n) is 2.68. The van der Waals surface area contributed by atoms with Crippen molar-refractivity contribution in [1.29, 1.82) is 0 Å². The Bertz CT molecular complexity index is 375. The molecule has 3 nitrogen and oxygen atoms in total. The van der Waals surface area contributed by atoms with Gasteiger partial charge in [0.05, 0.1) is 0 Å². The summed E-state index contributed by atoms with van der Waals surface area (Å²) in [6, 6.07) is 11.3. The van der Waals surface area contributed by atoms with E-state index < -0.39 is 0 Å². The summed E-state index contributed by atoms with van der Waals surface area (Å²) in [7, 11) is 2.20. The first-order valence-electron chi connectivity index (χ1n) is 7.26. The van der Waals surface area contributed by atoms with Crippen molar-refractivity contribution in [3.63, 3.8) is 0 Å². The molecule has 106 valence electrons. The van der Waals surface area contributed by atoms with Crippen LogP contribution < -0.4 is 10.6 Å². The molecule has 0 aromatic heterocycles. The van der Waals surface area contributed by atoms with Gasteiger partial charge in [0.15, 0.2) is 0 Å². The fraction of sp³-hybridized carbons (Fsp3) is 0.625. The zero-order valence-electron chi connectivity index (χ0n) is 12.4. The third kappa shape index (κ3) is 4.30. The molecular formula is C16H27N3. The second-order valence-electron chi connectivity index (χ2n) is 6.29. The maximum atomic E-state index is 3.63. The summed E-state index contributed by atoms with van der Waals surface area (Å²) in [5.41, 5.74) is 1.58. The van der Waals surface area contributed by atoms with E-state index in [2.05, 4.69) is 66.8 Å². The largest absolute Gasteiger partial charge is 0.314 e. The second-order valence-corrected chi connectivity index (χ2v) is 6.29. The molecule has 1 atom stereocenters. The number of likely N-dealkylation sites (N-methyl/N-ethyl adjacent to an activating group) is 1. The Morgan fingerprint density at radius 2 is 2.05 bits per heavy atom. The molecule has 3 heteroatoms. The molecule has 0 radical (unpaired) electrons. The van der Waals surface area contributed by atoms with Gasteiger partial charge in [-0.1, -0.05) is 44.2 Å². The van der Waals surface area contributed by atoms with Gasteiger partial charge in [0.25, 0.3) is 0 Å². The predicted molar refractivity (Wildman–Crippen MR) is 81.6 cm³/mol. The Morgan fingerprint density at radius 1 is 1.32 bits per heavy atom. The SMILES string of the molecule is CN1CCNC(CNCC(C)(C)c2ccccc2)C1. The average molecular weight is 261 g/mol. The number of hydrogen-bond donors (Lipinski definition) is 2. The van der Waals surface area contributed by atoms with Crippen molar-refractivity contribution in [2.24, 2.45) is 0 Å². The zero-order valence-corrected chi connectivity index (χ0v) is 12.4. The summed E-state index contributed by atoms with van der Waals surface area (Å²) >= 11 is 0. The molecule has 1 unspecified atom stereocenters. The van der Waals surface area contributed by atoms with Gasteiger partial charge >= 0.3 is 0 Å². The molecule has 1 aliphatic rings. The first-order chi connectivity index (χ1) is 9.08. The topological polar surface area (TPSA) is 27.3 Å². The van der Waals surface area contributed by atoms with Crippen molar-refractivity contribution in [1.82, 2.24) is 15.5 Å². The van der Waals surface area contributed by atoms with Gasteiger partial charge in [-0.2, -0.15) is 0 Å². The number of benzene rings is 1. The maximum Gasteiger partial charge on any atom is 0.0320 e. The van der Waals surface area contributed by atoms with E-state index in [4.69, 9.17) is 0 Å². The van der Waals surface area contributed by atoms with Crippen molar-refractivity contribution < 1.29 is 0 Å². The molecule has 0 amide bonds. The first kappa shape index (κ1) is 14.5. The van der Waals surface area contributed by atoms with Crippen LogP contribution in [0.1, 0.15) is 19.4 Å². The Balaban J connectivity index is 1.78. The van der Waals surface area contributed by atoms with Crippen LogP contribution in [0.4, 0.5) is 0 Å². The van der Waals surface area contributed by atoms with Crippen LogP contribution in [0.15, 0.2) is 30.3 Å². The second kappa shape index (κ2) is 6.51. The third-order valence-electron chi connectivity index (χ3n) is 3.97. The minimum atomic E-state index is 0.182. The van der Waals surface area contributed by atoms with Gasteiger partial charge in [0, 0.05) is 44.2 Å². The number of piperazine rings is 1. The van der Waals surface area contributed by atoms with E-state index in [9.17, 15) is 0 Å². The molecule has 0 spiro atoms. The highest BCUT2D eigenvalue weighted by Gasteiger charge is 2.21. The van der Waals surface area contributed by atoms with Gasteiger partial charge in [-0.25, -0.2) is 0 Å². The van der Waals surface area contributed by atoms with Gasteiger partial charge < -0.3 is 15.5 Å². The van der Waals surface area contributed by atoms with Crippen LogP contribution in [0.3, 0.4) is 0 Å². The Hall–Kier alpha value is -0.900. The summed E-state index contributed by atoms with van der Waals surface area (Å²) < 4.78 is 0. The van der Waals surface area contributed by atoms with Gasteiger partial charge in [0.1, 0.15) is 0 Å². The smallest absolute Gasteiger partial charge is 0.0320 e. The van der Waals surface area contributed by atoms with Crippen molar-refractivity contribution in [3.8, 4) is 0 Å². The van der Waals surface area contributed by atoms with Gasteiger partial charge in [0.2, 0.25) is 0 Å². The van der Waals surface area contributed by atoms with Gasteiger partial charge in [-0.15, -0.1) is 0 Å². The van der Waals surface area contributed by atoms with Crippen molar-refractivity contribution in [2.75, 3.05) is 39.8 Å². The van der Waals surface area contributed by atoms with Crippen LogP contribution in [0.2, 0.25) is 0 Å². The number of nitrogens with one attached hydrogen (secondary N) is 2. The van der Waals surface area contributed by atoms with Crippen LogP contribution in [-0.4, -0.2) is 50.7 Å². The van der Waals surface area contributed by atoms with Crippen LogP contribution in [0, 0.1) is 0 Å². The minimum absolute atomic E-state index is 0.182. The summed E-state index contributed by atoms with van der Waals surface area (Å²) in [5, 5.41) is 7.20. The highest BCUT2D eigenvalue weighted by molar-refractivity contribution is 5.23. The van der Waals surface area contributed by atoms with E-state index in [0.29, 0.717) is 6.04 Å². The van der Waals surface area contributed by atoms with E-state index in [0.717, 1.165) is 32.7 Å². The highest BCUT2D eigenvalue weighted by atomic mass is 15.2. The number of nitrogens with zero attached hydrogens (tertiary/aromatic N) is 1. The van der Waals surface area contributed by atoms with Crippen LogP contribution in [-0.2, 0) is 5.41 Å². The molecule has 1 heterocycles. The van der Waals surface area contributed by atoms with Crippen molar-refractivity contribution >= 4 is 0 Å². The standard InChI is InChI=1S/C16H27N3/c1-16(2,14-7-5-4-6-8-14)13-17-11-15-12-19(3)10-9-18-15/h4-8,15,17-18H,9-13H2,1-3H3. The van der Waals surface area contributed by atoms with E-state index in [1.807, 2.05) is 0 Å². The number of rotatable bonds is 5. The monoisotopic (exact) mass is 261 g/mol. The summed E-state index contributed by atoms with van der Waals surface area (Å²) in [6.07, 6.45) is 0. The first-order valence-corrected chi connectivity index (χ1v) is 7.26. The Kier molecular flexibility index (Phi) is 4.97. The molecule has 0 aliphatic carbocycles. The lowest BCUT2D eigenvalue weighted by Crippen LogP contribution is -2.53. The molecule has 19 heavy (non-hydrogen) atoms. The minimum Gasteiger partial charge on any atom is -0.314 e. The molecule has 0 saturated carbocycles. The summed E-state index contributed by atoms with van der Waals surface area (Å²) in [4.78, 5) is 2.39. The lowest BCUT2D eigenvalue weighted by molar-refractivity contribution is 0.233. The van der Waals surface area contributed by atoms with Crippen LogP contribution >= 0.6 is 0 Å². The van der Waals surface area contributed by atoms with Crippen LogP contribution in [0.25, 0.3) is 0 Å². The van der Waals surface area contributed by atoms with Crippen molar-refractivity contribution in [2.45, 2.75) is 25.3 Å². The predicted octanol–water partition coefficient (Wildman–Crippen LogP) is 1.46. The van der Waals surface area contributed by atoms with E-state index in [1.54, 1.807) is 0 Å². The molecule has 1 aromatic rings. The lowest BCUT2D eigenvalue weighted by atomic mass is 9.84. The quantitative estimate of drug-likeness (QED) is 0.840. The van der Waals surface area contributed by atoms with Crippen molar-refractivity contribution in [3.05, 3.63) is 35.9 Å². The molecule has 1 fully saturated rings. The zero-order chi connectivity index (χ0) is 13.7. The average Bonchev–Trinajstić information content (AvgIpc) is 2.40. The van der Waals surface area contributed by atoms with E-state index >= 15 is 0 Å². The molecule has 0 bridgehead atoms. The van der Waals surface area contributed by atoms with Gasteiger partial charge in [-0.05, 0) is 12.6 Å². The van der Waals surface area contributed by atoms with Gasteiger partial charge in [-0.3, -0.25) is 0 Å². The molecule has 1 aromatic carbocycles. The normalized spacial score (nSPS) is 21.5. The fourth-order valence-corrected chi connectivity index (χ4v) is 2.68. The molecule has 1 saturated heterocycles. The molecular weight excluding hydrogens is 234 g/mol. The number of hydrogen-bond acceptors (Lipinski definition) is 3. The molecule has 2 rings (SSSR count). The van der Waals surface area contributed by atoms with Crippen LogP contribution in [0.5, 0.6) is 0 Å². The highest BCUT2D eigenvalue weighted by Crippen LogP contribution is 2.21. The molecule has 2 N–H and O–H groups in total. The summed E-state index contributed by atoms with van der Waals surface area (Å²) in [6.45, 7) is 10.1. The Labute approximate surface area is 117 Å². The van der Waals surface area contributed by atoms with E-state index in [1.165, 1.54) is 5.56 Å². The Morgan fingerprint density at radius 3 is 2.74 bits per heavy atom.